The summed E-state index contributed by atoms with van der Waals surface area (Å²) < 4.78 is 5.34. The van der Waals surface area contributed by atoms with Crippen LogP contribution >= 0.6 is 11.8 Å². The highest BCUT2D eigenvalue weighted by molar-refractivity contribution is 7.99. The van der Waals surface area contributed by atoms with Gasteiger partial charge in [-0.2, -0.15) is 11.8 Å². The van der Waals surface area contributed by atoms with Crippen molar-refractivity contribution in [2.75, 3.05) is 44.8 Å². The number of methoxy groups -OCH3 is 1. The Morgan fingerprint density at radius 3 is 2.83 bits per heavy atom. The summed E-state index contributed by atoms with van der Waals surface area (Å²) in [5.41, 5.74) is 2.57. The first kappa shape index (κ1) is 17.6. The quantitative estimate of drug-likeness (QED) is 0.740. The van der Waals surface area contributed by atoms with Gasteiger partial charge in [-0.15, -0.1) is 0 Å². The number of nitrogens with zero attached hydrogens (tertiary/aromatic N) is 2. The van der Waals surface area contributed by atoms with Gasteiger partial charge in [-0.3, -0.25) is 4.79 Å². The maximum absolute atomic E-state index is 12.6. The minimum Gasteiger partial charge on any atom is -0.497 e. The van der Waals surface area contributed by atoms with Gasteiger partial charge in [-0.25, -0.2) is 0 Å². The highest BCUT2D eigenvalue weighted by Gasteiger charge is 2.27. The second-order valence-corrected chi connectivity index (χ2v) is 7.78. The number of fused-ring (bicyclic) bond motifs is 1. The Balaban J connectivity index is 1.51. The van der Waals surface area contributed by atoms with Gasteiger partial charge in [-0.1, -0.05) is 6.07 Å². The molecule has 0 N–H and O–H groups in total. The SMILES string of the molecule is COc1ccc2c(c1)[C@H](C)N(C(=O)CSCCN1CCCC1)CC2. The zero-order valence-corrected chi connectivity index (χ0v) is 15.6. The molecular weight excluding hydrogens is 320 g/mol. The number of rotatable bonds is 6. The van der Waals surface area contributed by atoms with E-state index in [1.165, 1.54) is 37.1 Å². The molecule has 0 saturated carbocycles. The number of amides is 1. The number of ether oxygens (including phenoxy) is 1. The summed E-state index contributed by atoms with van der Waals surface area (Å²) in [6, 6.07) is 6.37. The molecule has 0 aromatic heterocycles. The van der Waals surface area contributed by atoms with Crippen molar-refractivity contribution in [3.63, 3.8) is 0 Å². The van der Waals surface area contributed by atoms with Gasteiger partial charge in [0.2, 0.25) is 5.91 Å². The van der Waals surface area contributed by atoms with E-state index in [4.69, 9.17) is 4.74 Å². The summed E-state index contributed by atoms with van der Waals surface area (Å²) in [7, 11) is 1.69. The van der Waals surface area contributed by atoms with Crippen molar-refractivity contribution in [1.29, 1.82) is 0 Å². The van der Waals surface area contributed by atoms with E-state index in [2.05, 4.69) is 24.0 Å². The Labute approximate surface area is 149 Å². The fourth-order valence-corrected chi connectivity index (χ4v) is 4.57. The minimum atomic E-state index is 0.135. The molecule has 2 aliphatic heterocycles. The standard InChI is InChI=1S/C19H28N2O2S/c1-15-18-13-17(23-2)6-5-16(18)7-10-21(15)19(22)14-24-12-11-20-8-3-4-9-20/h5-6,13,15H,3-4,7-12,14H2,1-2H3/t15-/m0/s1. The van der Waals surface area contributed by atoms with Crippen LogP contribution in [-0.2, 0) is 11.2 Å². The molecule has 1 amide bonds. The van der Waals surface area contributed by atoms with Crippen LogP contribution in [0.5, 0.6) is 5.75 Å². The first-order valence-corrected chi connectivity index (χ1v) is 10.1. The molecule has 0 spiro atoms. The van der Waals surface area contributed by atoms with Gasteiger partial charge in [0.25, 0.3) is 0 Å². The summed E-state index contributed by atoms with van der Waals surface area (Å²) >= 11 is 1.78. The van der Waals surface area contributed by atoms with Crippen LogP contribution in [0.15, 0.2) is 18.2 Å². The third kappa shape index (κ3) is 4.06. The Hall–Kier alpha value is -1.20. The fraction of sp³-hybridized carbons (Fsp3) is 0.632. The van der Waals surface area contributed by atoms with Crippen LogP contribution in [0.1, 0.15) is 36.9 Å². The molecule has 1 aromatic carbocycles. The van der Waals surface area contributed by atoms with E-state index in [-0.39, 0.29) is 11.9 Å². The van der Waals surface area contributed by atoms with Crippen LogP contribution in [0.3, 0.4) is 0 Å². The molecule has 5 heteroatoms. The van der Waals surface area contributed by atoms with Gasteiger partial charge >= 0.3 is 0 Å². The van der Waals surface area contributed by atoms with Crippen molar-refractivity contribution in [3.8, 4) is 5.75 Å². The average molecular weight is 349 g/mol. The number of carbonyl (C=O) groups is 1. The Kier molecular flexibility index (Phi) is 6.06. The lowest BCUT2D eigenvalue weighted by Crippen LogP contribution is -2.40. The second-order valence-electron chi connectivity index (χ2n) is 6.68. The van der Waals surface area contributed by atoms with E-state index in [0.29, 0.717) is 5.75 Å². The summed E-state index contributed by atoms with van der Waals surface area (Å²) in [5.74, 6) is 2.79. The molecular formula is C19H28N2O2S. The molecule has 2 aliphatic rings. The fourth-order valence-electron chi connectivity index (χ4n) is 3.70. The average Bonchev–Trinajstić information content (AvgIpc) is 3.12. The molecule has 1 atom stereocenters. The lowest BCUT2D eigenvalue weighted by Gasteiger charge is -2.35. The van der Waals surface area contributed by atoms with Gasteiger partial charge < -0.3 is 14.5 Å². The number of benzene rings is 1. The Morgan fingerprint density at radius 2 is 2.08 bits per heavy atom. The summed E-state index contributed by atoms with van der Waals surface area (Å²) in [5, 5.41) is 0. The maximum Gasteiger partial charge on any atom is 0.233 e. The monoisotopic (exact) mass is 348 g/mol. The number of carbonyl (C=O) groups excluding carboxylic acids is 1. The molecule has 1 saturated heterocycles. The van der Waals surface area contributed by atoms with Crippen molar-refractivity contribution in [2.24, 2.45) is 0 Å². The smallest absolute Gasteiger partial charge is 0.233 e. The third-order valence-electron chi connectivity index (χ3n) is 5.19. The molecule has 24 heavy (non-hydrogen) atoms. The number of likely N-dealkylation sites (tertiary alicyclic amines) is 1. The number of hydrogen-bond donors (Lipinski definition) is 0. The topological polar surface area (TPSA) is 32.8 Å². The lowest BCUT2D eigenvalue weighted by molar-refractivity contribution is -0.130. The van der Waals surface area contributed by atoms with E-state index >= 15 is 0 Å². The van der Waals surface area contributed by atoms with E-state index in [9.17, 15) is 4.79 Å². The van der Waals surface area contributed by atoms with E-state index in [1.807, 2.05) is 11.0 Å². The predicted octanol–water partition coefficient (Wildman–Crippen LogP) is 2.97. The molecule has 132 valence electrons. The van der Waals surface area contributed by atoms with Crippen LogP contribution in [0.2, 0.25) is 0 Å². The zero-order valence-electron chi connectivity index (χ0n) is 14.8. The molecule has 1 aromatic rings. The van der Waals surface area contributed by atoms with Crippen LogP contribution in [-0.4, -0.2) is 60.5 Å². The van der Waals surface area contributed by atoms with E-state index in [0.717, 1.165) is 31.0 Å². The van der Waals surface area contributed by atoms with Crippen LogP contribution in [0, 0.1) is 0 Å². The molecule has 0 unspecified atom stereocenters. The van der Waals surface area contributed by atoms with Crippen LogP contribution < -0.4 is 4.74 Å². The van der Waals surface area contributed by atoms with Crippen molar-refractivity contribution >= 4 is 17.7 Å². The summed E-state index contributed by atoms with van der Waals surface area (Å²) in [4.78, 5) is 17.2. The molecule has 2 heterocycles. The minimum absolute atomic E-state index is 0.135. The van der Waals surface area contributed by atoms with E-state index < -0.39 is 0 Å². The summed E-state index contributed by atoms with van der Waals surface area (Å²) in [6.45, 7) is 6.54. The van der Waals surface area contributed by atoms with E-state index in [1.54, 1.807) is 18.9 Å². The molecule has 1 fully saturated rings. The first-order chi connectivity index (χ1) is 11.7. The van der Waals surface area contributed by atoms with Gasteiger partial charge in [0.05, 0.1) is 18.9 Å². The molecule has 0 radical (unpaired) electrons. The highest BCUT2D eigenvalue weighted by Crippen LogP contribution is 2.32. The van der Waals surface area contributed by atoms with Crippen molar-refractivity contribution in [1.82, 2.24) is 9.80 Å². The second kappa shape index (κ2) is 8.26. The third-order valence-corrected chi connectivity index (χ3v) is 6.11. The van der Waals surface area contributed by atoms with Crippen LogP contribution in [0.25, 0.3) is 0 Å². The molecule has 0 aliphatic carbocycles. The van der Waals surface area contributed by atoms with Gasteiger partial charge in [0, 0.05) is 18.8 Å². The molecule has 3 rings (SSSR count). The zero-order chi connectivity index (χ0) is 16.9. The Morgan fingerprint density at radius 1 is 1.29 bits per heavy atom. The largest absolute Gasteiger partial charge is 0.497 e. The number of hydrogen-bond acceptors (Lipinski definition) is 4. The van der Waals surface area contributed by atoms with Crippen molar-refractivity contribution in [2.45, 2.75) is 32.2 Å². The first-order valence-electron chi connectivity index (χ1n) is 8.95. The normalized spacial score (nSPS) is 20.9. The maximum atomic E-state index is 12.6. The predicted molar refractivity (Wildman–Crippen MR) is 99.8 cm³/mol. The highest BCUT2D eigenvalue weighted by atomic mass is 32.2. The van der Waals surface area contributed by atoms with Gasteiger partial charge in [-0.05, 0) is 62.5 Å². The molecule has 0 bridgehead atoms. The Bertz CT molecular complexity index is 572. The summed E-state index contributed by atoms with van der Waals surface area (Å²) in [6.07, 6.45) is 3.60. The number of thioether (sulfide) groups is 1. The van der Waals surface area contributed by atoms with Crippen molar-refractivity contribution < 1.29 is 9.53 Å². The van der Waals surface area contributed by atoms with Crippen LogP contribution in [0.4, 0.5) is 0 Å². The van der Waals surface area contributed by atoms with Crippen molar-refractivity contribution in [3.05, 3.63) is 29.3 Å². The lowest BCUT2D eigenvalue weighted by atomic mass is 9.93. The van der Waals surface area contributed by atoms with Gasteiger partial charge in [0.15, 0.2) is 0 Å². The van der Waals surface area contributed by atoms with Gasteiger partial charge in [0.1, 0.15) is 5.75 Å². The molecule has 4 nitrogen and oxygen atoms in total.